The van der Waals surface area contributed by atoms with Gasteiger partial charge in [0.05, 0.1) is 4.75 Å². The van der Waals surface area contributed by atoms with E-state index >= 15 is 0 Å². The lowest BCUT2D eigenvalue weighted by atomic mass is 9.81. The van der Waals surface area contributed by atoms with E-state index in [-0.39, 0.29) is 12.3 Å². The third-order valence-corrected chi connectivity index (χ3v) is 5.72. The highest BCUT2D eigenvalue weighted by Crippen LogP contribution is 2.38. The van der Waals surface area contributed by atoms with Gasteiger partial charge in [-0.25, -0.2) is 8.42 Å². The summed E-state index contributed by atoms with van der Waals surface area (Å²) in [5.41, 5.74) is 0. The topological polar surface area (TPSA) is 71.4 Å². The first-order valence-corrected chi connectivity index (χ1v) is 7.05. The van der Waals surface area contributed by atoms with Crippen LogP contribution < -0.4 is 0 Å². The quantitative estimate of drug-likeness (QED) is 0.802. The molecular formula is C10H18O4S. The van der Waals surface area contributed by atoms with Crippen molar-refractivity contribution >= 4 is 15.8 Å². The Morgan fingerprint density at radius 1 is 1.40 bits per heavy atom. The molecule has 5 heteroatoms. The molecule has 0 spiro atoms. The standard InChI is InChI=1S/C10H18O4S/c1-10(15(2,13)14)5-3-8(4-6-10)7-9(11)12/h8H,3-7H2,1-2H3,(H,11,12). The Labute approximate surface area is 90.6 Å². The van der Waals surface area contributed by atoms with Crippen LogP contribution in [0.3, 0.4) is 0 Å². The third-order valence-electron chi connectivity index (χ3n) is 3.52. The fourth-order valence-electron chi connectivity index (χ4n) is 2.11. The van der Waals surface area contributed by atoms with Crippen LogP contribution in [0.5, 0.6) is 0 Å². The summed E-state index contributed by atoms with van der Waals surface area (Å²) in [6.07, 6.45) is 4.02. The lowest BCUT2D eigenvalue weighted by Crippen LogP contribution is -2.38. The van der Waals surface area contributed by atoms with Gasteiger partial charge in [-0.05, 0) is 38.5 Å². The highest BCUT2D eigenvalue weighted by Gasteiger charge is 2.39. The fraction of sp³-hybridized carbons (Fsp3) is 0.900. The maximum absolute atomic E-state index is 11.5. The number of aliphatic carboxylic acids is 1. The van der Waals surface area contributed by atoms with E-state index < -0.39 is 20.6 Å². The van der Waals surface area contributed by atoms with Crippen molar-refractivity contribution in [2.75, 3.05) is 6.26 Å². The molecule has 0 aromatic heterocycles. The van der Waals surface area contributed by atoms with Gasteiger partial charge in [0.25, 0.3) is 0 Å². The van der Waals surface area contributed by atoms with E-state index in [1.807, 2.05) is 0 Å². The van der Waals surface area contributed by atoms with Crippen LogP contribution in [-0.4, -0.2) is 30.5 Å². The Morgan fingerprint density at radius 3 is 2.20 bits per heavy atom. The molecule has 0 saturated heterocycles. The fourth-order valence-corrected chi connectivity index (χ4v) is 3.09. The molecule has 0 unspecified atom stereocenters. The summed E-state index contributed by atoms with van der Waals surface area (Å²) in [4.78, 5) is 10.5. The molecule has 0 aromatic carbocycles. The summed E-state index contributed by atoms with van der Waals surface area (Å²) in [6, 6.07) is 0. The largest absolute Gasteiger partial charge is 0.481 e. The average molecular weight is 234 g/mol. The molecule has 4 nitrogen and oxygen atoms in total. The van der Waals surface area contributed by atoms with E-state index in [4.69, 9.17) is 5.11 Å². The van der Waals surface area contributed by atoms with Gasteiger partial charge in [0.1, 0.15) is 0 Å². The van der Waals surface area contributed by atoms with Crippen molar-refractivity contribution in [3.05, 3.63) is 0 Å². The predicted molar refractivity (Wildman–Crippen MR) is 57.5 cm³/mol. The summed E-state index contributed by atoms with van der Waals surface area (Å²) in [6.45, 7) is 1.76. The molecule has 0 amide bonds. The molecule has 0 heterocycles. The second-order valence-electron chi connectivity index (χ2n) is 4.76. The van der Waals surface area contributed by atoms with Gasteiger partial charge in [0.15, 0.2) is 9.84 Å². The summed E-state index contributed by atoms with van der Waals surface area (Å²) in [7, 11) is -3.02. The number of hydrogen-bond donors (Lipinski definition) is 1. The van der Waals surface area contributed by atoms with Crippen molar-refractivity contribution in [1.82, 2.24) is 0 Å². The molecule has 1 aliphatic carbocycles. The van der Waals surface area contributed by atoms with E-state index in [9.17, 15) is 13.2 Å². The highest BCUT2D eigenvalue weighted by molar-refractivity contribution is 7.92. The van der Waals surface area contributed by atoms with Crippen LogP contribution in [-0.2, 0) is 14.6 Å². The smallest absolute Gasteiger partial charge is 0.303 e. The minimum atomic E-state index is -3.02. The molecular weight excluding hydrogens is 216 g/mol. The number of rotatable bonds is 3. The molecule has 1 N–H and O–H groups in total. The van der Waals surface area contributed by atoms with Gasteiger partial charge < -0.3 is 5.11 Å². The molecule has 0 bridgehead atoms. The zero-order valence-electron chi connectivity index (χ0n) is 9.19. The van der Waals surface area contributed by atoms with Gasteiger partial charge in [0.2, 0.25) is 0 Å². The third kappa shape index (κ3) is 2.93. The number of carboxylic acid groups (broad SMARTS) is 1. The lowest BCUT2D eigenvalue weighted by Gasteiger charge is -2.35. The summed E-state index contributed by atoms with van der Waals surface area (Å²) < 4.78 is 22.4. The van der Waals surface area contributed by atoms with E-state index in [0.717, 1.165) is 0 Å². The first kappa shape index (κ1) is 12.5. The molecule has 15 heavy (non-hydrogen) atoms. The molecule has 0 radical (unpaired) electrons. The van der Waals surface area contributed by atoms with Crippen LogP contribution >= 0.6 is 0 Å². The molecule has 1 aliphatic rings. The molecule has 0 aliphatic heterocycles. The minimum Gasteiger partial charge on any atom is -0.481 e. The molecule has 88 valence electrons. The van der Waals surface area contributed by atoms with Gasteiger partial charge in [-0.3, -0.25) is 4.79 Å². The SMILES string of the molecule is CC1(S(C)(=O)=O)CCC(CC(=O)O)CC1. The Balaban J connectivity index is 2.59. The number of sulfone groups is 1. The Morgan fingerprint density at radius 2 is 1.87 bits per heavy atom. The van der Waals surface area contributed by atoms with Crippen molar-refractivity contribution in [3.8, 4) is 0 Å². The van der Waals surface area contributed by atoms with Crippen molar-refractivity contribution in [2.24, 2.45) is 5.92 Å². The van der Waals surface area contributed by atoms with E-state index in [2.05, 4.69) is 0 Å². The highest BCUT2D eigenvalue weighted by atomic mass is 32.2. The van der Waals surface area contributed by atoms with Gasteiger partial charge in [-0.15, -0.1) is 0 Å². The Kier molecular flexibility index (Phi) is 3.43. The number of carboxylic acids is 1. The van der Waals surface area contributed by atoms with E-state index in [1.165, 1.54) is 6.26 Å². The van der Waals surface area contributed by atoms with Gasteiger partial charge >= 0.3 is 5.97 Å². The molecule has 0 aromatic rings. The maximum atomic E-state index is 11.5. The molecule has 1 rings (SSSR count). The monoisotopic (exact) mass is 234 g/mol. The zero-order chi connectivity index (χ0) is 11.7. The molecule has 0 atom stereocenters. The van der Waals surface area contributed by atoms with Crippen molar-refractivity contribution in [3.63, 3.8) is 0 Å². The number of hydrogen-bond acceptors (Lipinski definition) is 3. The summed E-state index contributed by atoms with van der Waals surface area (Å²) in [5.74, 6) is -0.639. The van der Waals surface area contributed by atoms with E-state index in [1.54, 1.807) is 6.92 Å². The Bertz CT molecular complexity index is 336. The van der Waals surface area contributed by atoms with Crippen LogP contribution in [0.2, 0.25) is 0 Å². The first-order chi connectivity index (χ1) is 6.74. The van der Waals surface area contributed by atoms with Gasteiger partial charge in [-0.2, -0.15) is 0 Å². The van der Waals surface area contributed by atoms with Gasteiger partial charge in [0, 0.05) is 12.7 Å². The second kappa shape index (κ2) is 4.12. The minimum absolute atomic E-state index is 0.150. The van der Waals surface area contributed by atoms with Crippen LogP contribution in [0.4, 0.5) is 0 Å². The van der Waals surface area contributed by atoms with Crippen LogP contribution in [0.1, 0.15) is 39.0 Å². The lowest BCUT2D eigenvalue weighted by molar-refractivity contribution is -0.138. The van der Waals surface area contributed by atoms with Crippen LogP contribution in [0.25, 0.3) is 0 Å². The summed E-state index contributed by atoms with van der Waals surface area (Å²) >= 11 is 0. The van der Waals surface area contributed by atoms with Crippen molar-refractivity contribution < 1.29 is 18.3 Å². The van der Waals surface area contributed by atoms with Gasteiger partial charge in [-0.1, -0.05) is 0 Å². The average Bonchev–Trinajstić information content (AvgIpc) is 2.06. The van der Waals surface area contributed by atoms with E-state index in [0.29, 0.717) is 25.7 Å². The normalized spacial score (nSPS) is 32.5. The summed E-state index contributed by atoms with van der Waals surface area (Å²) in [5, 5.41) is 8.64. The van der Waals surface area contributed by atoms with Crippen molar-refractivity contribution in [1.29, 1.82) is 0 Å². The van der Waals surface area contributed by atoms with Crippen LogP contribution in [0, 0.1) is 5.92 Å². The van der Waals surface area contributed by atoms with Crippen LogP contribution in [0.15, 0.2) is 0 Å². The number of carbonyl (C=O) groups is 1. The predicted octanol–water partition coefficient (Wildman–Crippen LogP) is 1.45. The Hall–Kier alpha value is -0.580. The first-order valence-electron chi connectivity index (χ1n) is 5.16. The molecule has 1 fully saturated rings. The van der Waals surface area contributed by atoms with Crippen molar-refractivity contribution in [2.45, 2.75) is 43.8 Å². The maximum Gasteiger partial charge on any atom is 0.303 e. The zero-order valence-corrected chi connectivity index (χ0v) is 10.0. The molecule has 1 saturated carbocycles. The second-order valence-corrected chi connectivity index (χ2v) is 7.29.